The number of halogens is 3. The summed E-state index contributed by atoms with van der Waals surface area (Å²) in [6, 6.07) is 10.7. The fraction of sp³-hybridized carbons (Fsp3) is 0.143. The topological polar surface area (TPSA) is 51.2 Å². The van der Waals surface area contributed by atoms with E-state index < -0.39 is 29.5 Å². The molecule has 0 unspecified atom stereocenters. The molecule has 1 amide bonds. The average molecular weight is 384 g/mol. The molecular formula is C21H15F3N2O2. The molecular weight excluding hydrogens is 369 g/mol. The molecule has 3 aromatic rings. The highest BCUT2D eigenvalue weighted by Crippen LogP contribution is 2.38. The van der Waals surface area contributed by atoms with E-state index >= 15 is 0 Å². The zero-order chi connectivity index (χ0) is 19.7. The van der Waals surface area contributed by atoms with Crippen LogP contribution in [0.15, 0.2) is 54.7 Å². The molecule has 28 heavy (non-hydrogen) atoms. The third-order valence-corrected chi connectivity index (χ3v) is 4.47. The quantitative estimate of drug-likeness (QED) is 0.742. The number of benzene rings is 2. The number of carbonyl (C=O) groups is 1. The summed E-state index contributed by atoms with van der Waals surface area (Å²) in [6.45, 7) is 0.0622. The number of hydrogen-bond acceptors (Lipinski definition) is 3. The predicted molar refractivity (Wildman–Crippen MR) is 96.4 cm³/mol. The van der Waals surface area contributed by atoms with Gasteiger partial charge in [-0.25, -0.2) is 13.2 Å². The molecule has 0 bridgehead atoms. The second-order valence-corrected chi connectivity index (χ2v) is 6.43. The van der Waals surface area contributed by atoms with E-state index in [0.29, 0.717) is 29.0 Å². The Labute approximate surface area is 159 Å². The van der Waals surface area contributed by atoms with Gasteiger partial charge in [-0.2, -0.15) is 0 Å². The van der Waals surface area contributed by atoms with Crippen molar-refractivity contribution < 1.29 is 22.7 Å². The van der Waals surface area contributed by atoms with Crippen LogP contribution in [0.4, 0.5) is 13.2 Å². The molecule has 7 heteroatoms. The van der Waals surface area contributed by atoms with Crippen LogP contribution >= 0.6 is 0 Å². The molecule has 1 aliphatic heterocycles. The molecule has 1 N–H and O–H groups in total. The van der Waals surface area contributed by atoms with Gasteiger partial charge >= 0.3 is 0 Å². The van der Waals surface area contributed by atoms with Crippen LogP contribution in [-0.2, 0) is 6.42 Å². The smallest absolute Gasteiger partial charge is 0.254 e. The summed E-state index contributed by atoms with van der Waals surface area (Å²) in [4.78, 5) is 16.4. The largest absolute Gasteiger partial charge is 0.487 e. The Bertz CT molecular complexity index is 1040. The first-order valence-corrected chi connectivity index (χ1v) is 8.65. The number of carbonyl (C=O) groups excluding carboxylic acids is 1. The van der Waals surface area contributed by atoms with Gasteiger partial charge in [-0.3, -0.25) is 9.78 Å². The van der Waals surface area contributed by atoms with E-state index in [-0.39, 0.29) is 12.1 Å². The van der Waals surface area contributed by atoms with Gasteiger partial charge in [0.1, 0.15) is 29.3 Å². The van der Waals surface area contributed by atoms with Crippen molar-refractivity contribution in [1.29, 1.82) is 0 Å². The minimum atomic E-state index is -0.811. The summed E-state index contributed by atoms with van der Waals surface area (Å²) >= 11 is 0. The van der Waals surface area contributed by atoms with E-state index in [9.17, 15) is 18.0 Å². The fourth-order valence-electron chi connectivity index (χ4n) is 3.19. The number of nitrogens with one attached hydrogen (secondary N) is 1. The van der Waals surface area contributed by atoms with E-state index in [1.807, 2.05) is 0 Å². The van der Waals surface area contributed by atoms with Gasteiger partial charge in [-0.05, 0) is 42.5 Å². The van der Waals surface area contributed by atoms with Crippen LogP contribution in [0.5, 0.6) is 5.75 Å². The fourth-order valence-corrected chi connectivity index (χ4v) is 3.19. The Balaban J connectivity index is 1.50. The summed E-state index contributed by atoms with van der Waals surface area (Å²) in [5, 5.41) is 2.54. The van der Waals surface area contributed by atoms with Crippen molar-refractivity contribution in [1.82, 2.24) is 10.3 Å². The van der Waals surface area contributed by atoms with Crippen molar-refractivity contribution in [2.24, 2.45) is 0 Å². The summed E-state index contributed by atoms with van der Waals surface area (Å²) in [6.07, 6.45) is 1.52. The summed E-state index contributed by atoms with van der Waals surface area (Å²) in [5.41, 5.74) is 1.39. The first-order chi connectivity index (χ1) is 13.5. The van der Waals surface area contributed by atoms with E-state index in [1.165, 1.54) is 12.1 Å². The second-order valence-electron chi connectivity index (χ2n) is 6.43. The van der Waals surface area contributed by atoms with Gasteiger partial charge in [-0.15, -0.1) is 0 Å². The Morgan fingerprint density at radius 2 is 1.96 bits per heavy atom. The van der Waals surface area contributed by atoms with Crippen molar-refractivity contribution in [3.05, 3.63) is 83.3 Å². The lowest BCUT2D eigenvalue weighted by atomic mass is 10.0. The van der Waals surface area contributed by atoms with Crippen molar-refractivity contribution in [2.45, 2.75) is 12.5 Å². The lowest BCUT2D eigenvalue weighted by Gasteiger charge is -2.13. The van der Waals surface area contributed by atoms with Gasteiger partial charge in [0.05, 0.1) is 17.8 Å². The highest BCUT2D eigenvalue weighted by Gasteiger charge is 2.28. The monoisotopic (exact) mass is 384 g/mol. The molecule has 1 aliphatic rings. The van der Waals surface area contributed by atoms with E-state index in [2.05, 4.69) is 10.3 Å². The van der Waals surface area contributed by atoms with E-state index in [0.717, 1.165) is 18.2 Å². The lowest BCUT2D eigenvalue weighted by Crippen LogP contribution is -2.34. The number of amides is 1. The van der Waals surface area contributed by atoms with Crippen LogP contribution in [0.3, 0.4) is 0 Å². The molecule has 0 radical (unpaired) electrons. The van der Waals surface area contributed by atoms with Crippen molar-refractivity contribution in [2.75, 3.05) is 6.54 Å². The molecule has 0 saturated heterocycles. The van der Waals surface area contributed by atoms with Crippen LogP contribution in [0.1, 0.15) is 15.9 Å². The molecule has 1 aromatic heterocycles. The van der Waals surface area contributed by atoms with Crippen molar-refractivity contribution in [3.63, 3.8) is 0 Å². The summed E-state index contributed by atoms with van der Waals surface area (Å²) in [7, 11) is 0. The first kappa shape index (κ1) is 18.0. The summed E-state index contributed by atoms with van der Waals surface area (Å²) < 4.78 is 46.9. The number of rotatable bonds is 4. The Morgan fingerprint density at radius 3 is 2.75 bits per heavy atom. The maximum Gasteiger partial charge on any atom is 0.254 e. The van der Waals surface area contributed by atoms with Gasteiger partial charge in [-0.1, -0.05) is 6.07 Å². The van der Waals surface area contributed by atoms with Gasteiger partial charge in [0, 0.05) is 23.7 Å². The molecule has 0 saturated carbocycles. The number of hydrogen-bond donors (Lipinski definition) is 1. The van der Waals surface area contributed by atoms with Gasteiger partial charge < -0.3 is 10.1 Å². The highest BCUT2D eigenvalue weighted by molar-refractivity contribution is 5.94. The van der Waals surface area contributed by atoms with Gasteiger partial charge in [0.2, 0.25) is 0 Å². The van der Waals surface area contributed by atoms with Crippen LogP contribution < -0.4 is 10.1 Å². The van der Waals surface area contributed by atoms with Crippen LogP contribution in [0, 0.1) is 17.5 Å². The normalized spacial score (nSPS) is 15.0. The van der Waals surface area contributed by atoms with Crippen LogP contribution in [0.25, 0.3) is 11.3 Å². The summed E-state index contributed by atoms with van der Waals surface area (Å²) in [5.74, 6) is -2.15. The number of fused-ring (bicyclic) bond motifs is 1. The molecule has 142 valence electrons. The second kappa shape index (κ2) is 7.34. The zero-order valence-electron chi connectivity index (χ0n) is 14.6. The highest BCUT2D eigenvalue weighted by atomic mass is 19.1. The van der Waals surface area contributed by atoms with Crippen molar-refractivity contribution in [3.8, 4) is 17.0 Å². The van der Waals surface area contributed by atoms with Crippen LogP contribution in [-0.4, -0.2) is 23.5 Å². The minimum absolute atomic E-state index is 0.0622. The van der Waals surface area contributed by atoms with E-state index in [1.54, 1.807) is 24.4 Å². The molecule has 1 atom stereocenters. The molecule has 0 aliphatic carbocycles. The number of aromatic nitrogens is 1. The third kappa shape index (κ3) is 3.55. The van der Waals surface area contributed by atoms with Crippen LogP contribution in [0.2, 0.25) is 0 Å². The van der Waals surface area contributed by atoms with Gasteiger partial charge in [0.15, 0.2) is 0 Å². The standard InChI is InChI=1S/C21H15F3N2O2/c22-13-4-5-18(24)16(9-13)21(27)26-11-15-8-12-7-14(23)10-17(20(12)28-15)19-3-1-2-6-25-19/h1-7,9-10,15H,8,11H2,(H,26,27)/t15-/m1/s1. The SMILES string of the molecule is O=C(NC[C@H]1Cc2cc(F)cc(-c3ccccn3)c2O1)c1cc(F)ccc1F. The Morgan fingerprint density at radius 1 is 1.11 bits per heavy atom. The third-order valence-electron chi connectivity index (χ3n) is 4.47. The Hall–Kier alpha value is -3.35. The van der Waals surface area contributed by atoms with Crippen molar-refractivity contribution >= 4 is 5.91 Å². The lowest BCUT2D eigenvalue weighted by molar-refractivity contribution is 0.0929. The predicted octanol–water partition coefficient (Wildman–Crippen LogP) is 3.90. The number of pyridine rings is 1. The maximum absolute atomic E-state index is 14.0. The molecule has 4 nitrogen and oxygen atoms in total. The number of nitrogens with zero attached hydrogens (tertiary/aromatic N) is 1. The molecule has 0 fully saturated rings. The minimum Gasteiger partial charge on any atom is -0.487 e. The average Bonchev–Trinajstić information content (AvgIpc) is 3.10. The molecule has 4 rings (SSSR count). The van der Waals surface area contributed by atoms with E-state index in [4.69, 9.17) is 4.74 Å². The molecule has 0 spiro atoms. The molecule has 2 aromatic carbocycles. The molecule has 2 heterocycles. The zero-order valence-corrected chi connectivity index (χ0v) is 14.6. The maximum atomic E-state index is 14.0. The number of ether oxygens (including phenoxy) is 1. The Kier molecular flexibility index (Phi) is 4.73. The first-order valence-electron chi connectivity index (χ1n) is 8.65. The van der Waals surface area contributed by atoms with Gasteiger partial charge in [0.25, 0.3) is 5.91 Å².